The number of aliphatic hydroxyl groups is 2. The summed E-state index contributed by atoms with van der Waals surface area (Å²) in [6.07, 6.45) is 6.67. The van der Waals surface area contributed by atoms with Crippen molar-refractivity contribution in [1.82, 2.24) is 9.88 Å². The van der Waals surface area contributed by atoms with Gasteiger partial charge in [-0.2, -0.15) is 0 Å². The summed E-state index contributed by atoms with van der Waals surface area (Å²) >= 11 is 0. The second-order valence-electron chi connectivity index (χ2n) is 6.44. The number of aromatic nitrogens is 1. The maximum Gasteiger partial charge on any atom is 0.0615 e. The van der Waals surface area contributed by atoms with Gasteiger partial charge in [0, 0.05) is 36.7 Å². The number of hydrogen-bond acceptors (Lipinski definition) is 3. The zero-order chi connectivity index (χ0) is 18.2. The number of rotatable bonds is 9. The van der Waals surface area contributed by atoms with Gasteiger partial charge in [0.15, 0.2) is 0 Å². The molecule has 0 fully saturated rings. The van der Waals surface area contributed by atoms with Gasteiger partial charge in [-0.15, -0.1) is 0 Å². The first kappa shape index (κ1) is 18.4. The molecule has 136 valence electrons. The minimum absolute atomic E-state index is 0.0554. The minimum Gasteiger partial charge on any atom is -0.395 e. The molecule has 4 nitrogen and oxygen atoms in total. The Bertz CT molecular complexity index is 837. The molecule has 3 rings (SSSR count). The number of nitrogens with one attached hydrogen (secondary N) is 1. The predicted molar refractivity (Wildman–Crippen MR) is 107 cm³/mol. The molecule has 0 saturated carbocycles. The second kappa shape index (κ2) is 9.34. The van der Waals surface area contributed by atoms with Crippen molar-refractivity contribution in [3.8, 4) is 0 Å². The first-order chi connectivity index (χ1) is 12.8. The van der Waals surface area contributed by atoms with Crippen LogP contribution in [-0.2, 0) is 13.0 Å². The summed E-state index contributed by atoms with van der Waals surface area (Å²) < 4.78 is 0. The molecule has 0 aliphatic carbocycles. The Hall–Kier alpha value is -2.40. The lowest BCUT2D eigenvalue weighted by Crippen LogP contribution is -2.28. The third-order valence-corrected chi connectivity index (χ3v) is 4.59. The second-order valence-corrected chi connectivity index (χ2v) is 6.44. The van der Waals surface area contributed by atoms with Crippen LogP contribution in [0.1, 0.15) is 16.7 Å². The molecule has 0 aliphatic rings. The number of hydrogen-bond donors (Lipinski definition) is 3. The number of H-pyrrole nitrogens is 1. The van der Waals surface area contributed by atoms with Gasteiger partial charge >= 0.3 is 0 Å². The first-order valence-corrected chi connectivity index (χ1v) is 9.04. The van der Waals surface area contributed by atoms with E-state index in [-0.39, 0.29) is 13.2 Å². The fourth-order valence-corrected chi connectivity index (χ4v) is 3.21. The molecule has 2 aromatic carbocycles. The van der Waals surface area contributed by atoms with Crippen molar-refractivity contribution in [2.24, 2.45) is 0 Å². The van der Waals surface area contributed by atoms with E-state index in [1.165, 1.54) is 22.0 Å². The third-order valence-electron chi connectivity index (χ3n) is 4.59. The lowest BCUT2D eigenvalue weighted by molar-refractivity contribution is 0.192. The molecule has 4 heteroatoms. The summed E-state index contributed by atoms with van der Waals surface area (Å²) in [6.45, 7) is 2.58. The van der Waals surface area contributed by atoms with E-state index in [9.17, 15) is 5.11 Å². The van der Waals surface area contributed by atoms with Gasteiger partial charge in [0.1, 0.15) is 0 Å². The van der Waals surface area contributed by atoms with Gasteiger partial charge in [-0.3, -0.25) is 4.90 Å². The molecule has 0 aliphatic heterocycles. The van der Waals surface area contributed by atoms with E-state index in [0.717, 1.165) is 25.1 Å². The van der Waals surface area contributed by atoms with Gasteiger partial charge in [-0.1, -0.05) is 54.6 Å². The minimum atomic E-state index is 0.0554. The van der Waals surface area contributed by atoms with Crippen molar-refractivity contribution in [2.75, 3.05) is 26.3 Å². The normalized spacial score (nSPS) is 11.8. The predicted octanol–water partition coefficient (Wildman–Crippen LogP) is 3.21. The highest BCUT2D eigenvalue weighted by molar-refractivity contribution is 5.83. The maximum absolute atomic E-state index is 9.40. The molecule has 3 aromatic rings. The lowest BCUT2D eigenvalue weighted by atomic mass is 10.1. The van der Waals surface area contributed by atoms with E-state index >= 15 is 0 Å². The molecule has 0 radical (unpaired) electrons. The topological polar surface area (TPSA) is 59.5 Å². The highest BCUT2D eigenvalue weighted by Crippen LogP contribution is 2.18. The summed E-state index contributed by atoms with van der Waals surface area (Å²) in [7, 11) is 0. The summed E-state index contributed by atoms with van der Waals surface area (Å²) in [5.41, 5.74) is 4.78. The summed E-state index contributed by atoms with van der Waals surface area (Å²) in [5, 5.41) is 19.5. The Balaban J connectivity index is 1.62. The number of aliphatic hydroxyl groups excluding tert-OH is 2. The first-order valence-electron chi connectivity index (χ1n) is 9.04. The van der Waals surface area contributed by atoms with Gasteiger partial charge in [0.05, 0.1) is 13.2 Å². The lowest BCUT2D eigenvalue weighted by Gasteiger charge is -2.21. The van der Waals surface area contributed by atoms with Crippen LogP contribution in [0.3, 0.4) is 0 Å². The van der Waals surface area contributed by atoms with Crippen LogP contribution in [-0.4, -0.2) is 46.4 Å². The summed E-state index contributed by atoms with van der Waals surface area (Å²) in [5.74, 6) is 0. The van der Waals surface area contributed by atoms with Gasteiger partial charge in [-0.05, 0) is 29.2 Å². The zero-order valence-electron chi connectivity index (χ0n) is 14.9. The molecule has 0 amide bonds. The van der Waals surface area contributed by atoms with E-state index < -0.39 is 0 Å². The Labute approximate surface area is 154 Å². The Morgan fingerprint density at radius 3 is 2.54 bits per heavy atom. The van der Waals surface area contributed by atoms with Crippen LogP contribution in [0, 0.1) is 0 Å². The quantitative estimate of drug-likeness (QED) is 0.555. The van der Waals surface area contributed by atoms with Crippen LogP contribution in [0.25, 0.3) is 17.0 Å². The summed E-state index contributed by atoms with van der Waals surface area (Å²) in [6, 6.07) is 16.7. The molecule has 0 spiro atoms. The molecular weight excluding hydrogens is 324 g/mol. The van der Waals surface area contributed by atoms with E-state index in [0.29, 0.717) is 6.54 Å². The number of nitrogens with zero attached hydrogens (tertiary/aromatic N) is 1. The smallest absolute Gasteiger partial charge is 0.0615 e. The van der Waals surface area contributed by atoms with E-state index in [2.05, 4.69) is 58.5 Å². The number of aromatic amines is 1. The van der Waals surface area contributed by atoms with E-state index in [1.54, 1.807) is 6.08 Å². The van der Waals surface area contributed by atoms with Crippen LogP contribution in [0.2, 0.25) is 0 Å². The monoisotopic (exact) mass is 350 g/mol. The highest BCUT2D eigenvalue weighted by Gasteiger charge is 2.08. The van der Waals surface area contributed by atoms with Crippen molar-refractivity contribution >= 4 is 17.0 Å². The van der Waals surface area contributed by atoms with Crippen molar-refractivity contribution in [3.63, 3.8) is 0 Å². The van der Waals surface area contributed by atoms with Crippen molar-refractivity contribution in [3.05, 3.63) is 77.5 Å². The van der Waals surface area contributed by atoms with Crippen LogP contribution in [0.5, 0.6) is 0 Å². The molecule has 0 atom stereocenters. The number of para-hydroxylation sites is 1. The highest BCUT2D eigenvalue weighted by atomic mass is 16.3. The Kier molecular flexibility index (Phi) is 6.61. The molecule has 3 N–H and O–H groups in total. The number of fused-ring (bicyclic) bond motifs is 1. The molecule has 0 saturated heterocycles. The average molecular weight is 350 g/mol. The number of benzene rings is 2. The Morgan fingerprint density at radius 2 is 1.77 bits per heavy atom. The SMILES string of the molecule is OCC=Cc1ccc(CN(CCO)CCc2c[nH]c3ccccc23)cc1. The van der Waals surface area contributed by atoms with E-state index in [1.807, 2.05) is 12.1 Å². The molecule has 26 heavy (non-hydrogen) atoms. The Morgan fingerprint density at radius 1 is 0.962 bits per heavy atom. The van der Waals surface area contributed by atoms with Gasteiger partial charge < -0.3 is 15.2 Å². The molecular formula is C22H26N2O2. The van der Waals surface area contributed by atoms with Crippen LogP contribution in [0.15, 0.2) is 60.8 Å². The molecule has 0 unspecified atom stereocenters. The van der Waals surface area contributed by atoms with Crippen molar-refractivity contribution < 1.29 is 10.2 Å². The maximum atomic E-state index is 9.40. The van der Waals surface area contributed by atoms with Crippen LogP contribution in [0.4, 0.5) is 0 Å². The van der Waals surface area contributed by atoms with Gasteiger partial charge in [0.2, 0.25) is 0 Å². The van der Waals surface area contributed by atoms with E-state index in [4.69, 9.17) is 5.11 Å². The fourth-order valence-electron chi connectivity index (χ4n) is 3.21. The third kappa shape index (κ3) is 4.82. The molecule has 1 aromatic heterocycles. The van der Waals surface area contributed by atoms with Crippen molar-refractivity contribution in [2.45, 2.75) is 13.0 Å². The molecule has 1 heterocycles. The standard InChI is InChI=1S/C22H26N2O2/c25-14-3-4-18-7-9-19(10-8-18)17-24(13-15-26)12-11-20-16-23-22-6-2-1-5-21(20)22/h1-10,16,23,25-26H,11-15,17H2. The molecule has 0 bridgehead atoms. The van der Waals surface area contributed by atoms with Crippen LogP contribution >= 0.6 is 0 Å². The van der Waals surface area contributed by atoms with Crippen molar-refractivity contribution in [1.29, 1.82) is 0 Å². The largest absolute Gasteiger partial charge is 0.395 e. The summed E-state index contributed by atoms with van der Waals surface area (Å²) in [4.78, 5) is 5.60. The zero-order valence-corrected chi connectivity index (χ0v) is 14.9. The average Bonchev–Trinajstić information content (AvgIpc) is 3.09. The van der Waals surface area contributed by atoms with Crippen LogP contribution < -0.4 is 0 Å². The van der Waals surface area contributed by atoms with Gasteiger partial charge in [-0.25, -0.2) is 0 Å². The fraction of sp³-hybridized carbons (Fsp3) is 0.273. The van der Waals surface area contributed by atoms with Gasteiger partial charge in [0.25, 0.3) is 0 Å².